The van der Waals surface area contributed by atoms with E-state index >= 15 is 0 Å². The second-order valence-electron chi connectivity index (χ2n) is 2.27. The fourth-order valence-corrected chi connectivity index (χ4v) is 1.00. The molecule has 0 spiro atoms. The second kappa shape index (κ2) is 1.97. The van der Waals surface area contributed by atoms with Crippen molar-refractivity contribution in [2.45, 2.75) is 0 Å². The fourth-order valence-electron chi connectivity index (χ4n) is 1.00. The minimum atomic E-state index is -0.123. The maximum absolute atomic E-state index is 10.9. The summed E-state index contributed by atoms with van der Waals surface area (Å²) in [5.74, 6) is 0. The zero-order chi connectivity index (χ0) is 8.72. The molecular weight excluding hydrogens is 164 g/mol. The van der Waals surface area contributed by atoms with Crippen molar-refractivity contribution in [2.24, 2.45) is 0 Å². The number of aromatic amines is 1. The van der Waals surface area contributed by atoms with Crippen LogP contribution in [-0.2, 0) is 0 Å². The first-order valence-electron chi connectivity index (χ1n) is 3.11. The normalized spacial score (nSPS) is 10.7. The van der Waals surface area contributed by atoms with Gasteiger partial charge >= 0.3 is 23.8 Å². The van der Waals surface area contributed by atoms with E-state index in [-0.39, 0.29) is 15.9 Å². The molecule has 62 valence electrons. The van der Waals surface area contributed by atoms with Gasteiger partial charge < -0.3 is 15.6 Å². The smallest absolute Gasteiger partial charge is 0.418 e. The van der Waals surface area contributed by atoms with Crippen molar-refractivity contribution in [3.63, 3.8) is 0 Å². The third kappa shape index (κ3) is 0.729. The summed E-state index contributed by atoms with van der Waals surface area (Å²) in [7, 11) is 0. The topological polar surface area (TPSA) is 96.6 Å². The number of hydrogen-bond acceptors (Lipinski definition) is 3. The molecule has 0 aromatic carbocycles. The van der Waals surface area contributed by atoms with Crippen molar-refractivity contribution in [3.05, 3.63) is 34.5 Å². The van der Waals surface area contributed by atoms with Gasteiger partial charge in [-0.3, -0.25) is 0 Å². The van der Waals surface area contributed by atoms with Gasteiger partial charge in [0.15, 0.2) is 0 Å². The highest BCUT2D eigenvalue weighted by Gasteiger charge is 2.18. The number of hydrogen-bond donors (Lipinski definition) is 1. The molecular formula is C5H4N4O3. The first-order valence-corrected chi connectivity index (χ1v) is 3.11. The lowest BCUT2D eigenvalue weighted by Gasteiger charge is -1.99. The summed E-state index contributed by atoms with van der Waals surface area (Å²) in [6.45, 7) is 0. The van der Waals surface area contributed by atoms with Crippen LogP contribution in [0.3, 0.4) is 0 Å². The van der Waals surface area contributed by atoms with Gasteiger partial charge in [0.05, 0.1) is 0 Å². The Labute approximate surface area is 65.9 Å². The molecule has 0 saturated carbocycles. The predicted octanol–water partition coefficient (Wildman–Crippen LogP) is -1.93. The minimum absolute atomic E-state index is 0.123. The van der Waals surface area contributed by atoms with Crippen LogP contribution in [0.15, 0.2) is 18.9 Å². The van der Waals surface area contributed by atoms with Crippen LogP contribution in [0.1, 0.15) is 0 Å². The van der Waals surface area contributed by atoms with E-state index in [1.807, 2.05) is 0 Å². The predicted molar refractivity (Wildman–Crippen MR) is 35.2 cm³/mol. The van der Waals surface area contributed by atoms with Gasteiger partial charge in [0.1, 0.15) is 0 Å². The molecule has 0 bridgehead atoms. The second-order valence-corrected chi connectivity index (χ2v) is 2.27. The van der Waals surface area contributed by atoms with Crippen LogP contribution in [0, 0.1) is 15.6 Å². The van der Waals surface area contributed by atoms with Gasteiger partial charge in [0.25, 0.3) is 0 Å². The molecule has 0 fully saturated rings. The molecule has 2 aromatic heterocycles. The molecule has 0 aliphatic carbocycles. The van der Waals surface area contributed by atoms with Gasteiger partial charge in [-0.25, -0.2) is 4.98 Å². The van der Waals surface area contributed by atoms with E-state index in [0.29, 0.717) is 9.46 Å². The SMILES string of the molecule is [O-][n+]1cc2[nH]c[n+]([O-])c2[n+]([O-])c1. The van der Waals surface area contributed by atoms with E-state index in [1.165, 1.54) is 0 Å². The Morgan fingerprint density at radius 1 is 1.17 bits per heavy atom. The van der Waals surface area contributed by atoms with E-state index in [2.05, 4.69) is 4.98 Å². The summed E-state index contributed by atoms with van der Waals surface area (Å²) in [5, 5.41) is 32.5. The zero-order valence-corrected chi connectivity index (χ0v) is 5.80. The fraction of sp³-hybridized carbons (Fsp3) is 0. The lowest BCUT2D eigenvalue weighted by atomic mass is 10.6. The molecule has 0 atom stereocenters. The molecule has 12 heavy (non-hydrogen) atoms. The first kappa shape index (κ1) is 6.65. The Hall–Kier alpha value is -2.05. The van der Waals surface area contributed by atoms with Gasteiger partial charge in [-0.2, -0.15) is 0 Å². The number of imidazole rings is 1. The summed E-state index contributed by atoms with van der Waals surface area (Å²) in [6.07, 6.45) is 2.89. The molecule has 0 unspecified atom stereocenters. The standard InChI is InChI=1S/C5H4N4O3/c10-7-1-4-5(9(12)3-7)8(11)2-6-4/h1-3,6H. The maximum atomic E-state index is 10.9. The number of nitrogens with zero attached hydrogens (tertiary/aromatic N) is 3. The lowest BCUT2D eigenvalue weighted by molar-refractivity contribution is -0.764. The number of fused-ring (bicyclic) bond motifs is 1. The Balaban J connectivity index is 2.93. The van der Waals surface area contributed by atoms with E-state index in [1.54, 1.807) is 0 Å². The largest absolute Gasteiger partial charge is 0.675 e. The van der Waals surface area contributed by atoms with Crippen LogP contribution < -0.4 is 14.2 Å². The van der Waals surface area contributed by atoms with Crippen molar-refractivity contribution in [2.75, 3.05) is 0 Å². The van der Waals surface area contributed by atoms with Crippen LogP contribution in [0.5, 0.6) is 0 Å². The molecule has 0 aliphatic heterocycles. The Bertz CT molecular complexity index is 437. The van der Waals surface area contributed by atoms with E-state index in [4.69, 9.17) is 0 Å². The van der Waals surface area contributed by atoms with Crippen LogP contribution in [0.4, 0.5) is 0 Å². The highest BCUT2D eigenvalue weighted by molar-refractivity contribution is 5.60. The van der Waals surface area contributed by atoms with Crippen LogP contribution >= 0.6 is 0 Å². The summed E-state index contributed by atoms with van der Waals surface area (Å²) >= 11 is 0. The lowest BCUT2D eigenvalue weighted by Crippen LogP contribution is -2.45. The monoisotopic (exact) mass is 168 g/mol. The van der Waals surface area contributed by atoms with Crippen LogP contribution in [0.25, 0.3) is 11.2 Å². The van der Waals surface area contributed by atoms with Crippen LogP contribution in [0.2, 0.25) is 0 Å². The molecule has 2 heterocycles. The summed E-state index contributed by atoms with van der Waals surface area (Å²) in [5.41, 5.74) is 0.0830. The molecule has 0 saturated heterocycles. The van der Waals surface area contributed by atoms with Gasteiger partial charge in [-0.15, -0.1) is 14.2 Å². The van der Waals surface area contributed by atoms with Gasteiger partial charge in [-0.05, 0) is 0 Å². The van der Waals surface area contributed by atoms with Crippen molar-refractivity contribution in [1.82, 2.24) is 4.98 Å². The summed E-state index contributed by atoms with van der Waals surface area (Å²) in [6, 6.07) is 0. The third-order valence-corrected chi connectivity index (χ3v) is 1.47. The molecule has 1 N–H and O–H groups in total. The third-order valence-electron chi connectivity index (χ3n) is 1.47. The average molecular weight is 168 g/mol. The highest BCUT2D eigenvalue weighted by Crippen LogP contribution is 1.95. The Morgan fingerprint density at radius 3 is 2.67 bits per heavy atom. The molecule has 2 rings (SSSR count). The van der Waals surface area contributed by atoms with Gasteiger partial charge in [0.2, 0.25) is 6.20 Å². The highest BCUT2D eigenvalue weighted by atomic mass is 16.5. The molecule has 7 nitrogen and oxygen atoms in total. The molecule has 7 heteroatoms. The van der Waals surface area contributed by atoms with Crippen molar-refractivity contribution in [3.8, 4) is 0 Å². The van der Waals surface area contributed by atoms with E-state index in [9.17, 15) is 15.6 Å². The van der Waals surface area contributed by atoms with Crippen molar-refractivity contribution in [1.29, 1.82) is 0 Å². The molecule has 2 aromatic rings. The van der Waals surface area contributed by atoms with E-state index in [0.717, 1.165) is 18.9 Å². The van der Waals surface area contributed by atoms with Crippen LogP contribution in [-0.4, -0.2) is 4.98 Å². The number of H-pyrrole nitrogens is 1. The Morgan fingerprint density at radius 2 is 1.92 bits per heavy atom. The van der Waals surface area contributed by atoms with E-state index < -0.39 is 0 Å². The molecule has 0 aliphatic rings. The van der Waals surface area contributed by atoms with Crippen molar-refractivity contribution < 1.29 is 14.2 Å². The van der Waals surface area contributed by atoms with Gasteiger partial charge in [-0.1, -0.05) is 0 Å². The quantitative estimate of drug-likeness (QED) is 0.366. The van der Waals surface area contributed by atoms with Crippen molar-refractivity contribution >= 4 is 11.2 Å². The van der Waals surface area contributed by atoms with Gasteiger partial charge in [0, 0.05) is 0 Å². The zero-order valence-electron chi connectivity index (χ0n) is 5.80. The summed E-state index contributed by atoms with van der Waals surface area (Å²) in [4.78, 5) is 2.48. The number of aromatic nitrogens is 4. The average Bonchev–Trinajstić information content (AvgIpc) is 2.31. The Kier molecular flexibility index (Phi) is 1.09. The minimum Gasteiger partial charge on any atom is -0.675 e. The molecule has 0 radical (unpaired) electrons. The maximum Gasteiger partial charge on any atom is 0.418 e. The number of nitrogens with one attached hydrogen (secondary N) is 1. The summed E-state index contributed by atoms with van der Waals surface area (Å²) < 4.78 is 0.903. The first-order chi connectivity index (χ1) is 5.68. The number of rotatable bonds is 0. The molecule has 0 amide bonds.